The molecule has 1 aromatic rings. The van der Waals surface area contributed by atoms with Gasteiger partial charge >= 0.3 is 0 Å². The van der Waals surface area contributed by atoms with Crippen molar-refractivity contribution in [2.45, 2.75) is 13.3 Å². The molecule has 0 unspecified atom stereocenters. The van der Waals surface area contributed by atoms with Crippen LogP contribution in [0.1, 0.15) is 22.3 Å². The number of amides is 1. The number of hydrogen-bond donors (Lipinski definition) is 1. The standard InChI is InChI=1S/C11H10ClFN2O/c1-7-5-9(12)8(6-10(7)13)11(16)15-4-2-3-14/h5-6H,2,4H2,1H3,(H,15,16). The third-order valence-electron chi connectivity index (χ3n) is 2.02. The second-order valence-electron chi connectivity index (χ2n) is 3.25. The van der Waals surface area contributed by atoms with Gasteiger partial charge in [0, 0.05) is 6.54 Å². The van der Waals surface area contributed by atoms with E-state index in [1.54, 1.807) is 6.92 Å². The minimum Gasteiger partial charge on any atom is -0.351 e. The van der Waals surface area contributed by atoms with Gasteiger partial charge in [-0.05, 0) is 24.6 Å². The van der Waals surface area contributed by atoms with E-state index in [0.29, 0.717) is 5.56 Å². The van der Waals surface area contributed by atoms with Gasteiger partial charge in [0.2, 0.25) is 0 Å². The van der Waals surface area contributed by atoms with E-state index < -0.39 is 11.7 Å². The fraction of sp³-hybridized carbons (Fsp3) is 0.273. The number of benzene rings is 1. The zero-order chi connectivity index (χ0) is 12.1. The van der Waals surface area contributed by atoms with Gasteiger partial charge in [0.15, 0.2) is 0 Å². The van der Waals surface area contributed by atoms with Gasteiger partial charge < -0.3 is 5.32 Å². The van der Waals surface area contributed by atoms with Crippen LogP contribution in [0, 0.1) is 24.1 Å². The highest BCUT2D eigenvalue weighted by Gasteiger charge is 2.12. The van der Waals surface area contributed by atoms with Crippen LogP contribution in [0.25, 0.3) is 0 Å². The van der Waals surface area contributed by atoms with E-state index in [4.69, 9.17) is 16.9 Å². The summed E-state index contributed by atoms with van der Waals surface area (Å²) in [6, 6.07) is 4.38. The lowest BCUT2D eigenvalue weighted by molar-refractivity contribution is 0.0954. The van der Waals surface area contributed by atoms with E-state index in [1.807, 2.05) is 6.07 Å². The first-order valence-electron chi connectivity index (χ1n) is 4.67. The summed E-state index contributed by atoms with van der Waals surface area (Å²) in [6.07, 6.45) is 0.206. The van der Waals surface area contributed by atoms with Gasteiger partial charge in [-0.15, -0.1) is 0 Å². The molecule has 3 nitrogen and oxygen atoms in total. The van der Waals surface area contributed by atoms with E-state index in [1.165, 1.54) is 6.07 Å². The number of carbonyl (C=O) groups excluding carboxylic acids is 1. The van der Waals surface area contributed by atoms with Crippen LogP contribution in [0.2, 0.25) is 5.02 Å². The summed E-state index contributed by atoms with van der Waals surface area (Å²) in [4.78, 5) is 11.5. The molecule has 0 aliphatic carbocycles. The molecule has 0 radical (unpaired) electrons. The zero-order valence-electron chi connectivity index (χ0n) is 8.68. The van der Waals surface area contributed by atoms with Crippen LogP contribution in [0.5, 0.6) is 0 Å². The third-order valence-corrected chi connectivity index (χ3v) is 2.33. The quantitative estimate of drug-likeness (QED) is 0.825. The molecule has 0 aliphatic heterocycles. The molecular formula is C11H10ClFN2O. The lowest BCUT2D eigenvalue weighted by Crippen LogP contribution is -2.24. The summed E-state index contributed by atoms with van der Waals surface area (Å²) in [5.74, 6) is -0.950. The number of carbonyl (C=O) groups is 1. The molecule has 0 bridgehead atoms. The summed E-state index contributed by atoms with van der Waals surface area (Å²) >= 11 is 5.82. The van der Waals surface area contributed by atoms with E-state index in [9.17, 15) is 9.18 Å². The van der Waals surface area contributed by atoms with Crippen LogP contribution in [0.15, 0.2) is 12.1 Å². The van der Waals surface area contributed by atoms with Crippen molar-refractivity contribution in [2.75, 3.05) is 6.54 Å². The third kappa shape index (κ3) is 2.94. The van der Waals surface area contributed by atoms with Crippen LogP contribution in [-0.2, 0) is 0 Å². The van der Waals surface area contributed by atoms with Crippen LogP contribution < -0.4 is 5.32 Å². The highest BCUT2D eigenvalue weighted by atomic mass is 35.5. The van der Waals surface area contributed by atoms with Crippen molar-refractivity contribution < 1.29 is 9.18 Å². The lowest BCUT2D eigenvalue weighted by atomic mass is 10.1. The van der Waals surface area contributed by atoms with E-state index >= 15 is 0 Å². The number of nitrogens with one attached hydrogen (secondary N) is 1. The number of rotatable bonds is 3. The van der Waals surface area contributed by atoms with Gasteiger partial charge in [-0.3, -0.25) is 4.79 Å². The Hall–Kier alpha value is -1.60. The second-order valence-corrected chi connectivity index (χ2v) is 3.65. The predicted molar refractivity (Wildman–Crippen MR) is 58.7 cm³/mol. The van der Waals surface area contributed by atoms with Crippen molar-refractivity contribution in [2.24, 2.45) is 0 Å². The van der Waals surface area contributed by atoms with E-state index in [2.05, 4.69) is 5.32 Å². The largest absolute Gasteiger partial charge is 0.351 e. The van der Waals surface area contributed by atoms with Crippen molar-refractivity contribution in [3.05, 3.63) is 34.1 Å². The number of halogens is 2. The number of aryl methyl sites for hydroxylation is 1. The smallest absolute Gasteiger partial charge is 0.252 e. The molecule has 0 saturated carbocycles. The van der Waals surface area contributed by atoms with Gasteiger partial charge in [0.25, 0.3) is 5.91 Å². The molecule has 0 aliphatic rings. The SMILES string of the molecule is Cc1cc(Cl)c(C(=O)NCCC#N)cc1F. The summed E-state index contributed by atoms with van der Waals surface area (Å²) < 4.78 is 13.2. The molecule has 0 fully saturated rings. The van der Waals surface area contributed by atoms with E-state index in [-0.39, 0.29) is 23.6 Å². The average Bonchev–Trinajstić information content (AvgIpc) is 2.23. The molecule has 16 heavy (non-hydrogen) atoms. The molecule has 84 valence electrons. The number of hydrogen-bond acceptors (Lipinski definition) is 2. The molecule has 1 N–H and O–H groups in total. The van der Waals surface area contributed by atoms with Crippen LogP contribution in [-0.4, -0.2) is 12.5 Å². The van der Waals surface area contributed by atoms with Crippen molar-refractivity contribution >= 4 is 17.5 Å². The maximum Gasteiger partial charge on any atom is 0.252 e. The maximum absolute atomic E-state index is 13.2. The van der Waals surface area contributed by atoms with E-state index in [0.717, 1.165) is 6.07 Å². The Labute approximate surface area is 97.8 Å². The molecule has 0 aromatic heterocycles. The maximum atomic E-state index is 13.2. The lowest BCUT2D eigenvalue weighted by Gasteiger charge is -2.06. The summed E-state index contributed by atoms with van der Waals surface area (Å²) in [7, 11) is 0. The highest BCUT2D eigenvalue weighted by molar-refractivity contribution is 6.33. The van der Waals surface area contributed by atoms with Gasteiger partial charge in [-0.1, -0.05) is 11.6 Å². The van der Waals surface area contributed by atoms with Gasteiger partial charge in [-0.2, -0.15) is 5.26 Å². The second kappa shape index (κ2) is 5.47. The Morgan fingerprint density at radius 1 is 1.62 bits per heavy atom. The van der Waals surface area contributed by atoms with Gasteiger partial charge in [-0.25, -0.2) is 4.39 Å². The summed E-state index contributed by atoms with van der Waals surface area (Å²) in [6.45, 7) is 1.79. The van der Waals surface area contributed by atoms with Crippen LogP contribution in [0.4, 0.5) is 4.39 Å². The molecule has 1 rings (SSSR count). The first-order chi connectivity index (χ1) is 7.56. The van der Waals surface area contributed by atoms with Crippen molar-refractivity contribution in [3.8, 4) is 6.07 Å². The molecule has 1 amide bonds. The van der Waals surface area contributed by atoms with Crippen LogP contribution in [0.3, 0.4) is 0 Å². The fourth-order valence-electron chi connectivity index (χ4n) is 1.15. The van der Waals surface area contributed by atoms with Gasteiger partial charge in [0.05, 0.1) is 23.1 Å². The van der Waals surface area contributed by atoms with Gasteiger partial charge in [0.1, 0.15) is 5.82 Å². The molecule has 0 spiro atoms. The minimum absolute atomic E-state index is 0.0858. The fourth-order valence-corrected chi connectivity index (χ4v) is 1.45. The molecular weight excluding hydrogens is 231 g/mol. The first kappa shape index (κ1) is 12.5. The summed E-state index contributed by atoms with van der Waals surface area (Å²) in [5.41, 5.74) is 0.473. The van der Waals surface area contributed by atoms with Crippen LogP contribution >= 0.6 is 11.6 Å². The van der Waals surface area contributed by atoms with Crippen molar-refractivity contribution in [1.82, 2.24) is 5.32 Å². The molecule has 0 heterocycles. The van der Waals surface area contributed by atoms with Crippen molar-refractivity contribution in [3.63, 3.8) is 0 Å². The highest BCUT2D eigenvalue weighted by Crippen LogP contribution is 2.20. The Bertz CT molecular complexity index is 454. The Kier molecular flexibility index (Phi) is 4.27. The topological polar surface area (TPSA) is 52.9 Å². The Morgan fingerprint density at radius 3 is 2.94 bits per heavy atom. The monoisotopic (exact) mass is 240 g/mol. The molecule has 0 atom stereocenters. The average molecular weight is 241 g/mol. The number of nitrogens with zero attached hydrogens (tertiary/aromatic N) is 1. The normalized spacial score (nSPS) is 9.62. The van der Waals surface area contributed by atoms with Crippen molar-refractivity contribution in [1.29, 1.82) is 5.26 Å². The number of nitriles is 1. The zero-order valence-corrected chi connectivity index (χ0v) is 9.44. The molecule has 0 saturated heterocycles. The summed E-state index contributed by atoms with van der Waals surface area (Å²) in [5, 5.41) is 11.0. The minimum atomic E-state index is -0.477. The Balaban J connectivity index is 2.84. The first-order valence-corrected chi connectivity index (χ1v) is 5.05. The molecule has 1 aromatic carbocycles. The Morgan fingerprint density at radius 2 is 2.31 bits per heavy atom. The predicted octanol–water partition coefficient (Wildman–Crippen LogP) is 2.43. The molecule has 5 heteroatoms.